The van der Waals surface area contributed by atoms with Gasteiger partial charge in [-0.2, -0.15) is 0 Å². The van der Waals surface area contributed by atoms with Gasteiger partial charge >= 0.3 is 0 Å². The molecule has 2 aliphatic carbocycles. The molecule has 0 amide bonds. The third-order valence-corrected chi connectivity index (χ3v) is 3.09. The summed E-state index contributed by atoms with van der Waals surface area (Å²) >= 11 is 0. The second-order valence-corrected chi connectivity index (χ2v) is 4.62. The summed E-state index contributed by atoms with van der Waals surface area (Å²) in [5.41, 5.74) is 7.12. The highest BCUT2D eigenvalue weighted by molar-refractivity contribution is 5.76. The van der Waals surface area contributed by atoms with E-state index in [2.05, 4.69) is 58.0 Å². The van der Waals surface area contributed by atoms with Gasteiger partial charge in [0.15, 0.2) is 0 Å². The molecule has 0 bridgehead atoms. The van der Waals surface area contributed by atoms with Crippen molar-refractivity contribution in [1.82, 2.24) is 0 Å². The fraction of sp³-hybridized carbons (Fsp3) is 0.333. The lowest BCUT2D eigenvalue weighted by Crippen LogP contribution is -1.88. The molecule has 0 unspecified atom stereocenters. The Bertz CT molecular complexity index is 452. The molecule has 0 nitrogen and oxygen atoms in total. The average molecular weight is 198 g/mol. The molecule has 0 saturated carbocycles. The Kier molecular flexibility index (Phi) is 2.52. The maximum atomic E-state index is 2.32. The summed E-state index contributed by atoms with van der Waals surface area (Å²) in [4.78, 5) is 0. The van der Waals surface area contributed by atoms with Gasteiger partial charge in [0.05, 0.1) is 0 Å². The van der Waals surface area contributed by atoms with Crippen LogP contribution in [0.3, 0.4) is 0 Å². The standard InChI is InChI=1S/C15H18/c1-10(2)15-12(4)9-14-11(3)7-5-6-8-13(14)15/h5-10H,1-4H3. The fourth-order valence-corrected chi connectivity index (χ4v) is 2.44. The van der Waals surface area contributed by atoms with Crippen LogP contribution in [0.15, 0.2) is 30.3 Å². The van der Waals surface area contributed by atoms with Crippen LogP contribution in [0.5, 0.6) is 0 Å². The number of hydrogen-bond acceptors (Lipinski definition) is 0. The van der Waals surface area contributed by atoms with Gasteiger partial charge in [-0.1, -0.05) is 44.2 Å². The predicted octanol–water partition coefficient (Wildman–Crippen LogP) is 4.53. The van der Waals surface area contributed by atoms with Crippen molar-refractivity contribution in [3.05, 3.63) is 47.0 Å². The van der Waals surface area contributed by atoms with E-state index in [4.69, 9.17) is 0 Å². The van der Waals surface area contributed by atoms with E-state index in [0.29, 0.717) is 5.92 Å². The van der Waals surface area contributed by atoms with Crippen LogP contribution >= 0.6 is 0 Å². The Balaban J connectivity index is 2.77. The zero-order valence-corrected chi connectivity index (χ0v) is 9.96. The van der Waals surface area contributed by atoms with E-state index in [-0.39, 0.29) is 0 Å². The van der Waals surface area contributed by atoms with Crippen LogP contribution in [0, 0.1) is 13.8 Å². The summed E-state index contributed by atoms with van der Waals surface area (Å²) in [6.07, 6.45) is 0. The SMILES string of the molecule is Cc1ccccc2c(C(C)C)c(C)cc1-2. The fourth-order valence-electron chi connectivity index (χ4n) is 2.44. The predicted molar refractivity (Wildman–Crippen MR) is 66.6 cm³/mol. The smallest absolute Gasteiger partial charge is 0.0144 e. The minimum atomic E-state index is 0.601. The third-order valence-electron chi connectivity index (χ3n) is 3.09. The molecule has 0 aromatic rings. The molecule has 0 aromatic carbocycles. The average Bonchev–Trinajstić information content (AvgIpc) is 2.40. The molecule has 15 heavy (non-hydrogen) atoms. The molecule has 0 atom stereocenters. The Morgan fingerprint density at radius 3 is 2.20 bits per heavy atom. The molecule has 2 rings (SSSR count). The van der Waals surface area contributed by atoms with Crippen molar-refractivity contribution in [3.8, 4) is 11.1 Å². The molecular weight excluding hydrogens is 180 g/mol. The highest BCUT2D eigenvalue weighted by atomic mass is 14.2. The Labute approximate surface area is 92.3 Å². The van der Waals surface area contributed by atoms with E-state index in [1.54, 1.807) is 0 Å². The topological polar surface area (TPSA) is 0 Å². The molecule has 0 heterocycles. The van der Waals surface area contributed by atoms with E-state index in [1.807, 2.05) is 0 Å². The highest BCUT2D eigenvalue weighted by Crippen LogP contribution is 2.37. The van der Waals surface area contributed by atoms with E-state index < -0.39 is 0 Å². The number of aryl methyl sites for hydroxylation is 2. The molecule has 0 saturated heterocycles. The molecule has 2 aliphatic rings. The Morgan fingerprint density at radius 1 is 0.867 bits per heavy atom. The molecule has 0 aromatic heterocycles. The lowest BCUT2D eigenvalue weighted by Gasteiger charge is -2.07. The van der Waals surface area contributed by atoms with Gasteiger partial charge in [0.25, 0.3) is 0 Å². The van der Waals surface area contributed by atoms with Gasteiger partial charge in [0.1, 0.15) is 0 Å². The van der Waals surface area contributed by atoms with Crippen LogP contribution in [-0.2, 0) is 0 Å². The van der Waals surface area contributed by atoms with E-state index in [0.717, 1.165) is 0 Å². The molecule has 0 fully saturated rings. The summed E-state index contributed by atoms with van der Waals surface area (Å²) in [6.45, 7) is 8.94. The first kappa shape index (κ1) is 10.2. The van der Waals surface area contributed by atoms with Crippen molar-refractivity contribution < 1.29 is 0 Å². The maximum absolute atomic E-state index is 2.32. The van der Waals surface area contributed by atoms with Crippen molar-refractivity contribution in [2.45, 2.75) is 33.6 Å². The van der Waals surface area contributed by atoms with E-state index >= 15 is 0 Å². The summed E-state index contributed by atoms with van der Waals surface area (Å²) in [5.74, 6) is 0.601. The van der Waals surface area contributed by atoms with Crippen molar-refractivity contribution in [2.24, 2.45) is 0 Å². The number of fused-ring (bicyclic) bond motifs is 1. The van der Waals surface area contributed by atoms with Gasteiger partial charge in [-0.15, -0.1) is 0 Å². The van der Waals surface area contributed by atoms with Crippen LogP contribution in [-0.4, -0.2) is 0 Å². The summed E-state index contributed by atoms with van der Waals surface area (Å²) in [5, 5.41) is 0. The van der Waals surface area contributed by atoms with Crippen LogP contribution < -0.4 is 0 Å². The molecule has 78 valence electrons. The van der Waals surface area contributed by atoms with Gasteiger partial charge in [0.2, 0.25) is 0 Å². The van der Waals surface area contributed by atoms with Crippen LogP contribution in [0.25, 0.3) is 11.1 Å². The quantitative estimate of drug-likeness (QED) is 0.631. The van der Waals surface area contributed by atoms with Gasteiger partial charge in [-0.05, 0) is 47.6 Å². The van der Waals surface area contributed by atoms with Gasteiger partial charge in [0, 0.05) is 0 Å². The van der Waals surface area contributed by atoms with E-state index in [1.165, 1.54) is 27.8 Å². The van der Waals surface area contributed by atoms with Crippen molar-refractivity contribution >= 4 is 0 Å². The minimum absolute atomic E-state index is 0.601. The van der Waals surface area contributed by atoms with E-state index in [9.17, 15) is 0 Å². The van der Waals surface area contributed by atoms with Gasteiger partial charge < -0.3 is 0 Å². The normalized spacial score (nSPS) is 11.3. The Hall–Kier alpha value is -1.30. The Morgan fingerprint density at radius 2 is 1.53 bits per heavy atom. The van der Waals surface area contributed by atoms with Crippen LogP contribution in [0.2, 0.25) is 0 Å². The minimum Gasteiger partial charge on any atom is -0.0620 e. The van der Waals surface area contributed by atoms with Crippen LogP contribution in [0.4, 0.5) is 0 Å². The first-order valence-electron chi connectivity index (χ1n) is 5.60. The number of rotatable bonds is 1. The van der Waals surface area contributed by atoms with Crippen molar-refractivity contribution in [3.63, 3.8) is 0 Å². The first-order valence-corrected chi connectivity index (χ1v) is 5.60. The zero-order valence-electron chi connectivity index (χ0n) is 9.96. The lowest BCUT2D eigenvalue weighted by molar-refractivity contribution is 0.865. The van der Waals surface area contributed by atoms with Crippen molar-refractivity contribution in [1.29, 1.82) is 0 Å². The van der Waals surface area contributed by atoms with Crippen molar-refractivity contribution in [2.75, 3.05) is 0 Å². The molecule has 0 heteroatoms. The summed E-state index contributed by atoms with van der Waals surface area (Å²) < 4.78 is 0. The second kappa shape index (κ2) is 3.69. The monoisotopic (exact) mass is 198 g/mol. The zero-order chi connectivity index (χ0) is 11.0. The van der Waals surface area contributed by atoms with Gasteiger partial charge in [-0.25, -0.2) is 0 Å². The highest BCUT2D eigenvalue weighted by Gasteiger charge is 2.15. The number of hydrogen-bond donors (Lipinski definition) is 0. The largest absolute Gasteiger partial charge is 0.0620 e. The summed E-state index contributed by atoms with van der Waals surface area (Å²) in [7, 11) is 0. The molecule has 0 spiro atoms. The first-order chi connectivity index (χ1) is 7.11. The van der Waals surface area contributed by atoms with Crippen LogP contribution in [0.1, 0.15) is 36.5 Å². The molecule has 0 radical (unpaired) electrons. The molecule has 0 aliphatic heterocycles. The van der Waals surface area contributed by atoms with Gasteiger partial charge in [-0.3, -0.25) is 0 Å². The third kappa shape index (κ3) is 1.65. The maximum Gasteiger partial charge on any atom is -0.0144 e. The molecular formula is C15H18. The molecule has 0 N–H and O–H groups in total. The summed E-state index contributed by atoms with van der Waals surface area (Å²) in [6, 6.07) is 11.0. The second-order valence-electron chi connectivity index (χ2n) is 4.62. The lowest BCUT2D eigenvalue weighted by atomic mass is 9.97.